The lowest BCUT2D eigenvalue weighted by Crippen LogP contribution is -2.31. The van der Waals surface area contributed by atoms with Gasteiger partial charge >= 0.3 is 0 Å². The van der Waals surface area contributed by atoms with Crippen LogP contribution >= 0.6 is 11.8 Å². The second-order valence-corrected chi connectivity index (χ2v) is 9.46. The van der Waals surface area contributed by atoms with Gasteiger partial charge in [0.05, 0.1) is 13.2 Å². The van der Waals surface area contributed by atoms with Crippen molar-refractivity contribution in [1.82, 2.24) is 14.8 Å². The summed E-state index contributed by atoms with van der Waals surface area (Å²) in [7, 11) is 0. The molecule has 4 rings (SSSR count). The Bertz CT molecular complexity index is 1020. The van der Waals surface area contributed by atoms with E-state index >= 15 is 0 Å². The lowest BCUT2D eigenvalue weighted by molar-refractivity contribution is -0.116. The Morgan fingerprint density at radius 3 is 2.76 bits per heavy atom. The Balaban J connectivity index is 1.73. The molecular formula is C25H34N4O3S. The SMILES string of the molecule is CCCCOc1ccc(C2C3=C(CCCC3=O)Nc3nc(SCCCC)nn32)cc1OCC. The number of rotatable bonds is 11. The number of hydrogen-bond donors (Lipinski definition) is 1. The summed E-state index contributed by atoms with van der Waals surface area (Å²) in [6.45, 7) is 7.48. The second-order valence-electron chi connectivity index (χ2n) is 8.40. The molecule has 0 saturated carbocycles. The van der Waals surface area contributed by atoms with Crippen LogP contribution in [0.4, 0.5) is 5.95 Å². The molecule has 0 fully saturated rings. The molecule has 2 aliphatic rings. The van der Waals surface area contributed by atoms with Crippen LogP contribution in [0.3, 0.4) is 0 Å². The lowest BCUT2D eigenvalue weighted by atomic mass is 9.85. The van der Waals surface area contributed by atoms with E-state index in [9.17, 15) is 4.79 Å². The van der Waals surface area contributed by atoms with E-state index in [2.05, 4.69) is 19.2 Å². The summed E-state index contributed by atoms with van der Waals surface area (Å²) < 4.78 is 13.8. The van der Waals surface area contributed by atoms with Gasteiger partial charge in [-0.05, 0) is 50.3 Å². The highest BCUT2D eigenvalue weighted by atomic mass is 32.2. The molecule has 2 heterocycles. The average Bonchev–Trinajstić information content (AvgIpc) is 3.21. The predicted molar refractivity (Wildman–Crippen MR) is 131 cm³/mol. The molecule has 1 atom stereocenters. The maximum atomic E-state index is 13.1. The number of thioether (sulfide) groups is 1. The van der Waals surface area contributed by atoms with Crippen molar-refractivity contribution in [2.75, 3.05) is 24.3 Å². The Morgan fingerprint density at radius 1 is 1.12 bits per heavy atom. The first kappa shape index (κ1) is 23.7. The van der Waals surface area contributed by atoms with Gasteiger partial charge in [-0.1, -0.05) is 44.5 Å². The highest BCUT2D eigenvalue weighted by molar-refractivity contribution is 7.99. The normalized spacial score (nSPS) is 17.4. The number of ketones is 1. The Morgan fingerprint density at radius 2 is 1.97 bits per heavy atom. The van der Waals surface area contributed by atoms with Crippen LogP contribution in [0.15, 0.2) is 34.6 Å². The zero-order chi connectivity index (χ0) is 23.2. The molecule has 2 aromatic rings. The van der Waals surface area contributed by atoms with Crippen molar-refractivity contribution >= 4 is 23.5 Å². The molecule has 1 aromatic heterocycles. The van der Waals surface area contributed by atoms with Crippen LogP contribution in [0.2, 0.25) is 0 Å². The minimum Gasteiger partial charge on any atom is -0.490 e. The van der Waals surface area contributed by atoms with Gasteiger partial charge < -0.3 is 14.8 Å². The van der Waals surface area contributed by atoms with E-state index in [0.29, 0.717) is 31.3 Å². The quantitative estimate of drug-likeness (QED) is 0.330. The summed E-state index contributed by atoms with van der Waals surface area (Å²) in [5.41, 5.74) is 2.73. The molecule has 1 aromatic carbocycles. The second kappa shape index (κ2) is 11.1. The average molecular weight is 471 g/mol. The van der Waals surface area contributed by atoms with Gasteiger partial charge in [0.25, 0.3) is 0 Å². The summed E-state index contributed by atoms with van der Waals surface area (Å²) in [5.74, 6) is 3.30. The third kappa shape index (κ3) is 5.21. The molecule has 1 unspecified atom stereocenters. The molecule has 1 N–H and O–H groups in total. The number of Topliss-reactive ketones (excluding diaryl/α,β-unsaturated/α-hetero) is 1. The number of benzene rings is 1. The van der Waals surface area contributed by atoms with E-state index in [1.165, 1.54) is 0 Å². The van der Waals surface area contributed by atoms with Crippen LogP contribution < -0.4 is 14.8 Å². The number of carbonyl (C=O) groups excluding carboxylic acids is 1. The van der Waals surface area contributed by atoms with Crippen LogP contribution in [0.1, 0.15) is 77.3 Å². The van der Waals surface area contributed by atoms with Crippen LogP contribution in [0.5, 0.6) is 11.5 Å². The van der Waals surface area contributed by atoms with Gasteiger partial charge in [-0.2, -0.15) is 4.98 Å². The number of fused-ring (bicyclic) bond motifs is 1. The molecule has 0 amide bonds. The smallest absolute Gasteiger partial charge is 0.227 e. The minimum absolute atomic E-state index is 0.177. The highest BCUT2D eigenvalue weighted by Gasteiger charge is 2.37. The standard InChI is InChI=1S/C25H34N4O3S/c1-4-7-14-32-20-13-12-17(16-21(20)31-6-3)23-22-18(10-9-11-19(22)30)26-24-27-25(28-29(23)24)33-15-8-5-2/h12-13,16,23H,4-11,14-15H2,1-3H3,(H,26,27,28). The molecule has 1 aliphatic carbocycles. The lowest BCUT2D eigenvalue weighted by Gasteiger charge is -2.32. The van der Waals surface area contributed by atoms with E-state index < -0.39 is 0 Å². The summed E-state index contributed by atoms with van der Waals surface area (Å²) in [6.07, 6.45) is 6.60. The van der Waals surface area contributed by atoms with E-state index in [1.54, 1.807) is 11.8 Å². The fraction of sp³-hybridized carbons (Fsp3) is 0.560. The number of anilines is 1. The molecule has 8 heteroatoms. The first-order valence-electron chi connectivity index (χ1n) is 12.2. The topological polar surface area (TPSA) is 78.3 Å². The van der Waals surface area contributed by atoms with E-state index in [1.807, 2.05) is 29.8 Å². The van der Waals surface area contributed by atoms with Gasteiger partial charge in [0.2, 0.25) is 11.1 Å². The maximum Gasteiger partial charge on any atom is 0.227 e. The summed E-state index contributed by atoms with van der Waals surface area (Å²) in [5, 5.41) is 8.96. The van der Waals surface area contributed by atoms with Gasteiger partial charge in [0.1, 0.15) is 6.04 Å². The monoisotopic (exact) mass is 470 g/mol. The van der Waals surface area contributed by atoms with Crippen LogP contribution in [-0.4, -0.2) is 39.5 Å². The number of nitrogens with zero attached hydrogens (tertiary/aromatic N) is 3. The molecule has 0 saturated heterocycles. The van der Waals surface area contributed by atoms with Gasteiger partial charge in [-0.25, -0.2) is 4.68 Å². The number of hydrogen-bond acceptors (Lipinski definition) is 7. The van der Waals surface area contributed by atoms with Crippen molar-refractivity contribution in [1.29, 1.82) is 0 Å². The van der Waals surface area contributed by atoms with Crippen molar-refractivity contribution in [3.05, 3.63) is 35.0 Å². The molecule has 7 nitrogen and oxygen atoms in total. The molecule has 0 spiro atoms. The van der Waals surface area contributed by atoms with Gasteiger partial charge in [-0.3, -0.25) is 4.79 Å². The number of carbonyl (C=O) groups is 1. The number of unbranched alkanes of at least 4 members (excludes halogenated alkanes) is 2. The predicted octanol–water partition coefficient (Wildman–Crippen LogP) is 5.77. The first-order valence-corrected chi connectivity index (χ1v) is 13.2. The van der Waals surface area contributed by atoms with Gasteiger partial charge in [0.15, 0.2) is 17.3 Å². The van der Waals surface area contributed by atoms with E-state index in [0.717, 1.165) is 72.0 Å². The first-order chi connectivity index (χ1) is 16.2. The fourth-order valence-corrected chi connectivity index (χ4v) is 5.13. The molecule has 1 aliphatic heterocycles. The van der Waals surface area contributed by atoms with Crippen LogP contribution in [-0.2, 0) is 4.79 Å². The molecule has 0 radical (unpaired) electrons. The van der Waals surface area contributed by atoms with Gasteiger partial charge in [-0.15, -0.1) is 5.10 Å². The Labute approximate surface area is 200 Å². The summed E-state index contributed by atoms with van der Waals surface area (Å²) >= 11 is 1.66. The summed E-state index contributed by atoms with van der Waals surface area (Å²) in [6, 6.07) is 5.67. The third-order valence-corrected chi connectivity index (χ3v) is 6.84. The zero-order valence-electron chi connectivity index (χ0n) is 19.9. The van der Waals surface area contributed by atoms with E-state index in [-0.39, 0.29) is 11.8 Å². The largest absolute Gasteiger partial charge is 0.490 e. The Hall–Kier alpha value is -2.48. The molecule has 178 valence electrons. The molecule has 0 bridgehead atoms. The number of allylic oxidation sites excluding steroid dienone is 2. The maximum absolute atomic E-state index is 13.1. The third-order valence-electron chi connectivity index (χ3n) is 5.92. The number of ether oxygens (including phenoxy) is 2. The van der Waals surface area contributed by atoms with Crippen molar-refractivity contribution < 1.29 is 14.3 Å². The van der Waals surface area contributed by atoms with E-state index in [4.69, 9.17) is 19.6 Å². The van der Waals surface area contributed by atoms with Gasteiger partial charge in [0, 0.05) is 23.4 Å². The highest BCUT2D eigenvalue weighted by Crippen LogP contribution is 2.42. The van der Waals surface area contributed by atoms with Crippen molar-refractivity contribution in [2.24, 2.45) is 0 Å². The zero-order valence-corrected chi connectivity index (χ0v) is 20.7. The number of aromatic nitrogens is 3. The Kier molecular flexibility index (Phi) is 7.96. The van der Waals surface area contributed by atoms with Crippen LogP contribution in [0.25, 0.3) is 0 Å². The molecular weight excluding hydrogens is 436 g/mol. The fourth-order valence-electron chi connectivity index (χ4n) is 4.22. The summed E-state index contributed by atoms with van der Waals surface area (Å²) in [4.78, 5) is 17.8. The van der Waals surface area contributed by atoms with Crippen molar-refractivity contribution in [2.45, 2.75) is 76.9 Å². The van der Waals surface area contributed by atoms with Crippen molar-refractivity contribution in [3.8, 4) is 11.5 Å². The molecule has 33 heavy (non-hydrogen) atoms. The minimum atomic E-state index is -0.319. The van der Waals surface area contributed by atoms with Crippen LogP contribution in [0, 0.1) is 0 Å². The number of nitrogens with one attached hydrogen (secondary N) is 1. The van der Waals surface area contributed by atoms with Crippen molar-refractivity contribution in [3.63, 3.8) is 0 Å².